The van der Waals surface area contributed by atoms with Crippen LogP contribution in [0.3, 0.4) is 0 Å². The first-order valence-corrected chi connectivity index (χ1v) is 3.93. The van der Waals surface area contributed by atoms with Gasteiger partial charge in [-0.15, -0.1) is 0 Å². The highest BCUT2D eigenvalue weighted by molar-refractivity contribution is 5.30. The summed E-state index contributed by atoms with van der Waals surface area (Å²) in [5.74, 6) is -0.126. The summed E-state index contributed by atoms with van der Waals surface area (Å²) in [6.45, 7) is 1.70. The molecular weight excluding hydrogens is 170 g/mol. The molecule has 4 heteroatoms. The van der Waals surface area contributed by atoms with Gasteiger partial charge in [0.25, 0.3) is 5.95 Å². The third-order valence-corrected chi connectivity index (χ3v) is 1.75. The number of aliphatic hydroxyl groups is 1. The summed E-state index contributed by atoms with van der Waals surface area (Å²) in [5.41, 5.74) is 0. The lowest BCUT2D eigenvalue weighted by atomic mass is 10.3. The van der Waals surface area contributed by atoms with Gasteiger partial charge in [0.15, 0.2) is 0 Å². The second-order valence-electron chi connectivity index (χ2n) is 2.71. The Bertz CT molecular complexity index is 427. The monoisotopic (exact) mass is 179 g/mol. The largest absolute Gasteiger partial charge is 0.480 e. The Morgan fingerprint density at radius 1 is 1.54 bits per heavy atom. The summed E-state index contributed by atoms with van der Waals surface area (Å²) >= 11 is 0. The van der Waals surface area contributed by atoms with Crippen LogP contribution in [0.1, 0.15) is 6.92 Å². The van der Waals surface area contributed by atoms with Crippen LogP contribution in [0, 0.1) is 0 Å². The minimum Gasteiger partial charge on any atom is -0.480 e. The van der Waals surface area contributed by atoms with Crippen LogP contribution < -0.4 is 10.4 Å². The second kappa shape index (κ2) is 2.97. The number of fused-ring (bicyclic) bond motifs is 1. The smallest absolute Gasteiger partial charge is 0.288 e. The van der Waals surface area contributed by atoms with E-state index in [-0.39, 0.29) is 5.95 Å². The summed E-state index contributed by atoms with van der Waals surface area (Å²) in [4.78, 5) is 3.91. The van der Waals surface area contributed by atoms with Crippen LogP contribution in [0.25, 0.3) is 12.2 Å². The maximum atomic E-state index is 9.48. The molecule has 0 radical (unpaired) electrons. The Hall–Kier alpha value is -1.71. The van der Waals surface area contributed by atoms with E-state index in [0.29, 0.717) is 10.4 Å². The van der Waals surface area contributed by atoms with Gasteiger partial charge in [0, 0.05) is 24.5 Å². The first-order chi connectivity index (χ1) is 6.27. The van der Waals surface area contributed by atoms with Gasteiger partial charge in [-0.1, -0.05) is 0 Å². The fourth-order valence-corrected chi connectivity index (χ4v) is 1.11. The molecule has 2 heterocycles. The lowest BCUT2D eigenvalue weighted by molar-refractivity contribution is -0.0394. The van der Waals surface area contributed by atoms with Crippen LogP contribution in [0.15, 0.2) is 18.5 Å². The SMILES string of the molecule is CC1OC=c2cnccc2=C(O)O1. The first-order valence-electron chi connectivity index (χ1n) is 3.93. The maximum Gasteiger partial charge on any atom is 0.288 e. The second-order valence-corrected chi connectivity index (χ2v) is 2.71. The molecule has 1 aromatic rings. The predicted molar refractivity (Wildman–Crippen MR) is 45.6 cm³/mol. The van der Waals surface area contributed by atoms with Crippen molar-refractivity contribution in [2.24, 2.45) is 0 Å². The molecule has 68 valence electrons. The molecule has 1 atom stereocenters. The average molecular weight is 179 g/mol. The normalized spacial score (nSPS) is 20.4. The van der Waals surface area contributed by atoms with E-state index in [1.807, 2.05) is 0 Å². The van der Waals surface area contributed by atoms with Gasteiger partial charge in [0.2, 0.25) is 6.29 Å². The summed E-state index contributed by atoms with van der Waals surface area (Å²) in [7, 11) is 0. The fraction of sp³-hybridized carbons (Fsp3) is 0.222. The minimum atomic E-state index is -0.479. The van der Waals surface area contributed by atoms with Crippen LogP contribution in [-0.4, -0.2) is 16.4 Å². The number of aromatic nitrogens is 1. The van der Waals surface area contributed by atoms with E-state index in [1.54, 1.807) is 25.4 Å². The Kier molecular flexibility index (Phi) is 1.81. The Morgan fingerprint density at radius 2 is 2.38 bits per heavy atom. The molecule has 0 saturated heterocycles. The average Bonchev–Trinajstić information content (AvgIpc) is 2.27. The van der Waals surface area contributed by atoms with E-state index < -0.39 is 6.29 Å². The van der Waals surface area contributed by atoms with Gasteiger partial charge >= 0.3 is 0 Å². The number of rotatable bonds is 0. The van der Waals surface area contributed by atoms with Gasteiger partial charge in [-0.2, -0.15) is 0 Å². The topological polar surface area (TPSA) is 51.6 Å². The number of ether oxygens (including phenoxy) is 2. The number of pyridine rings is 1. The summed E-state index contributed by atoms with van der Waals surface area (Å²) < 4.78 is 10.2. The van der Waals surface area contributed by atoms with E-state index >= 15 is 0 Å². The van der Waals surface area contributed by atoms with Crippen molar-refractivity contribution in [3.05, 3.63) is 28.9 Å². The van der Waals surface area contributed by atoms with Crippen molar-refractivity contribution in [1.82, 2.24) is 4.98 Å². The number of hydrogen-bond acceptors (Lipinski definition) is 4. The van der Waals surface area contributed by atoms with Crippen LogP contribution in [0.5, 0.6) is 0 Å². The molecule has 0 bridgehead atoms. The summed E-state index contributed by atoms with van der Waals surface area (Å²) in [6, 6.07) is 1.67. The molecule has 2 rings (SSSR count). The van der Waals surface area contributed by atoms with E-state index in [9.17, 15) is 5.11 Å². The molecule has 0 amide bonds. The van der Waals surface area contributed by atoms with Gasteiger partial charge < -0.3 is 14.6 Å². The zero-order valence-corrected chi connectivity index (χ0v) is 7.10. The van der Waals surface area contributed by atoms with E-state index in [2.05, 4.69) is 4.98 Å². The molecule has 1 unspecified atom stereocenters. The first kappa shape index (κ1) is 7.91. The fourth-order valence-electron chi connectivity index (χ4n) is 1.11. The third kappa shape index (κ3) is 1.42. The maximum absolute atomic E-state index is 9.48. The molecule has 0 aliphatic carbocycles. The third-order valence-electron chi connectivity index (χ3n) is 1.75. The number of nitrogens with zero attached hydrogens (tertiary/aromatic N) is 1. The van der Waals surface area contributed by atoms with E-state index in [4.69, 9.17) is 9.47 Å². The van der Waals surface area contributed by atoms with Crippen molar-refractivity contribution in [2.75, 3.05) is 0 Å². The molecular formula is C9H9NO3. The molecule has 1 aliphatic rings. The molecule has 0 saturated carbocycles. The predicted octanol–water partition coefficient (Wildman–Crippen LogP) is -0.164. The lowest BCUT2D eigenvalue weighted by Crippen LogP contribution is -2.26. The van der Waals surface area contributed by atoms with Crippen LogP contribution in [0.4, 0.5) is 0 Å². The molecule has 1 aromatic heterocycles. The zero-order chi connectivity index (χ0) is 9.26. The van der Waals surface area contributed by atoms with E-state index in [1.165, 1.54) is 6.26 Å². The molecule has 1 aliphatic heterocycles. The summed E-state index contributed by atoms with van der Waals surface area (Å²) in [5, 5.41) is 10.8. The van der Waals surface area contributed by atoms with Crippen molar-refractivity contribution in [3.8, 4) is 0 Å². The van der Waals surface area contributed by atoms with Gasteiger partial charge in [-0.25, -0.2) is 0 Å². The molecule has 0 spiro atoms. The highest BCUT2D eigenvalue weighted by Gasteiger charge is 2.08. The van der Waals surface area contributed by atoms with Crippen LogP contribution in [-0.2, 0) is 9.47 Å². The molecule has 0 fully saturated rings. The van der Waals surface area contributed by atoms with Gasteiger partial charge in [0.05, 0.1) is 11.5 Å². The Balaban J connectivity index is 2.72. The number of hydrogen-bond donors (Lipinski definition) is 1. The van der Waals surface area contributed by atoms with Crippen molar-refractivity contribution >= 4 is 12.2 Å². The van der Waals surface area contributed by atoms with Crippen molar-refractivity contribution < 1.29 is 14.6 Å². The van der Waals surface area contributed by atoms with Crippen molar-refractivity contribution in [2.45, 2.75) is 13.2 Å². The zero-order valence-electron chi connectivity index (χ0n) is 7.10. The molecule has 13 heavy (non-hydrogen) atoms. The highest BCUT2D eigenvalue weighted by atomic mass is 16.7. The number of aliphatic hydroxyl groups excluding tert-OH is 1. The van der Waals surface area contributed by atoms with Crippen LogP contribution in [0.2, 0.25) is 0 Å². The molecule has 4 nitrogen and oxygen atoms in total. The minimum absolute atomic E-state index is 0.126. The molecule has 0 aromatic carbocycles. The molecule has 1 N–H and O–H groups in total. The summed E-state index contributed by atoms with van der Waals surface area (Å²) in [6.07, 6.45) is 4.23. The van der Waals surface area contributed by atoms with Gasteiger partial charge in [-0.05, 0) is 6.07 Å². The van der Waals surface area contributed by atoms with Gasteiger partial charge in [0.1, 0.15) is 0 Å². The van der Waals surface area contributed by atoms with Crippen molar-refractivity contribution in [1.29, 1.82) is 0 Å². The Labute approximate surface area is 74.7 Å². The van der Waals surface area contributed by atoms with Crippen molar-refractivity contribution in [3.63, 3.8) is 0 Å². The van der Waals surface area contributed by atoms with Gasteiger partial charge in [-0.3, -0.25) is 4.98 Å². The van der Waals surface area contributed by atoms with Crippen LogP contribution >= 0.6 is 0 Å². The lowest BCUT2D eigenvalue weighted by Gasteiger charge is -2.09. The standard InChI is InChI=1S/C9H9NO3/c1-6-12-5-7-4-10-3-2-8(7)9(11)13-6/h2-6,11H,1H3. The van der Waals surface area contributed by atoms with E-state index in [0.717, 1.165) is 0 Å². The Morgan fingerprint density at radius 3 is 3.23 bits per heavy atom. The highest BCUT2D eigenvalue weighted by Crippen LogP contribution is 2.01. The quantitative estimate of drug-likeness (QED) is 0.601.